The van der Waals surface area contributed by atoms with Gasteiger partial charge in [-0.2, -0.15) is 0 Å². The lowest BCUT2D eigenvalue weighted by atomic mass is 10.2. The molecular weight excluding hydrogens is 365 g/mol. The minimum absolute atomic E-state index is 0.0163. The van der Waals surface area contributed by atoms with Gasteiger partial charge in [0.15, 0.2) is 4.96 Å². The van der Waals surface area contributed by atoms with E-state index in [1.165, 1.54) is 23.5 Å². The van der Waals surface area contributed by atoms with E-state index in [0.29, 0.717) is 13.0 Å². The van der Waals surface area contributed by atoms with Crippen molar-refractivity contribution in [2.75, 3.05) is 6.54 Å². The maximum absolute atomic E-state index is 13.1. The van der Waals surface area contributed by atoms with Crippen molar-refractivity contribution in [3.8, 4) is 11.3 Å². The molecule has 0 spiro atoms. The minimum atomic E-state index is -0.273. The Kier molecular flexibility index (Phi) is 4.97. The Bertz CT molecular complexity index is 1040. The van der Waals surface area contributed by atoms with Gasteiger partial charge < -0.3 is 9.88 Å². The number of hydrogen-bond donors (Lipinski definition) is 1. The summed E-state index contributed by atoms with van der Waals surface area (Å²) >= 11 is 1.49. The maximum Gasteiger partial charge on any atom is 0.225 e. The number of imidazole rings is 2. The summed E-state index contributed by atoms with van der Waals surface area (Å²) in [4.78, 5) is 21.6. The second-order valence-corrected chi connectivity index (χ2v) is 7.03. The van der Waals surface area contributed by atoms with Crippen LogP contribution in [0.3, 0.4) is 0 Å². The maximum atomic E-state index is 13.1. The molecule has 0 aliphatic carbocycles. The van der Waals surface area contributed by atoms with Gasteiger partial charge >= 0.3 is 0 Å². The van der Waals surface area contributed by atoms with Crippen LogP contribution >= 0.6 is 11.3 Å². The van der Waals surface area contributed by atoms with Crippen LogP contribution < -0.4 is 5.32 Å². The smallest absolute Gasteiger partial charge is 0.225 e. The second kappa shape index (κ2) is 7.71. The van der Waals surface area contributed by atoms with Crippen LogP contribution in [-0.2, 0) is 17.8 Å². The monoisotopic (exact) mass is 383 g/mol. The predicted octanol–water partition coefficient (Wildman–Crippen LogP) is 3.15. The van der Waals surface area contributed by atoms with E-state index in [1.54, 1.807) is 24.7 Å². The number of benzene rings is 1. The van der Waals surface area contributed by atoms with Crippen molar-refractivity contribution in [1.29, 1.82) is 0 Å². The molecule has 4 rings (SSSR count). The van der Waals surface area contributed by atoms with Gasteiger partial charge in [-0.3, -0.25) is 9.20 Å². The minimum Gasteiger partial charge on any atom is -0.356 e. The fourth-order valence-corrected chi connectivity index (χ4v) is 3.72. The molecule has 4 aromatic rings. The van der Waals surface area contributed by atoms with Crippen molar-refractivity contribution in [1.82, 2.24) is 24.3 Å². The first-order valence-corrected chi connectivity index (χ1v) is 9.51. The van der Waals surface area contributed by atoms with Gasteiger partial charge in [0.2, 0.25) is 5.91 Å². The van der Waals surface area contributed by atoms with Gasteiger partial charge in [-0.1, -0.05) is 0 Å². The first-order chi connectivity index (χ1) is 13.2. The summed E-state index contributed by atoms with van der Waals surface area (Å²) in [6.45, 7) is 1.45. The van der Waals surface area contributed by atoms with E-state index in [4.69, 9.17) is 0 Å². The quantitative estimate of drug-likeness (QED) is 0.499. The molecule has 0 aliphatic heterocycles. The highest BCUT2D eigenvalue weighted by Gasteiger charge is 2.12. The number of nitrogens with one attached hydrogen (secondary N) is 1. The fraction of sp³-hybridized carbons (Fsp3) is 0.211. The Hall–Kier alpha value is -3.00. The molecule has 8 heteroatoms. The zero-order valence-corrected chi connectivity index (χ0v) is 15.3. The summed E-state index contributed by atoms with van der Waals surface area (Å²) in [6.07, 6.45) is 8.45. The molecule has 0 aliphatic rings. The van der Waals surface area contributed by atoms with Crippen molar-refractivity contribution < 1.29 is 9.18 Å². The standard InChI is InChI=1S/C19H18FN5OS/c20-15-4-2-14(3-5-15)17-11-25-16(12-27-19(25)23-17)10-18(26)22-6-1-8-24-9-7-21-13-24/h2-5,7,9,11-13H,1,6,8,10H2,(H,22,26). The van der Waals surface area contributed by atoms with Crippen molar-refractivity contribution in [2.24, 2.45) is 0 Å². The summed E-state index contributed by atoms with van der Waals surface area (Å²) in [5, 5.41) is 4.90. The lowest BCUT2D eigenvalue weighted by molar-refractivity contribution is -0.120. The van der Waals surface area contributed by atoms with Crippen LogP contribution in [0.15, 0.2) is 54.6 Å². The first-order valence-electron chi connectivity index (χ1n) is 8.63. The van der Waals surface area contributed by atoms with Crippen LogP contribution in [-0.4, -0.2) is 31.4 Å². The van der Waals surface area contributed by atoms with E-state index in [9.17, 15) is 9.18 Å². The van der Waals surface area contributed by atoms with Crippen LogP contribution in [0, 0.1) is 5.82 Å². The number of amides is 1. The average Bonchev–Trinajstić information content (AvgIpc) is 3.38. The summed E-state index contributed by atoms with van der Waals surface area (Å²) in [7, 11) is 0. The third-order valence-corrected chi connectivity index (χ3v) is 5.13. The van der Waals surface area contributed by atoms with Crippen molar-refractivity contribution in [2.45, 2.75) is 19.4 Å². The zero-order valence-electron chi connectivity index (χ0n) is 14.5. The third-order valence-electron chi connectivity index (χ3n) is 4.24. The molecule has 0 saturated heterocycles. The van der Waals surface area contributed by atoms with E-state index in [-0.39, 0.29) is 11.7 Å². The molecule has 3 aromatic heterocycles. The Morgan fingerprint density at radius 3 is 2.89 bits per heavy atom. The van der Waals surface area contributed by atoms with Crippen molar-refractivity contribution in [3.05, 3.63) is 66.1 Å². The fourth-order valence-electron chi connectivity index (χ4n) is 2.85. The van der Waals surface area contributed by atoms with E-state index in [0.717, 1.165) is 34.9 Å². The molecule has 1 aromatic carbocycles. The summed E-state index contributed by atoms with van der Waals surface area (Å²) in [6, 6.07) is 6.24. The topological polar surface area (TPSA) is 64.2 Å². The molecule has 6 nitrogen and oxygen atoms in total. The highest BCUT2D eigenvalue weighted by atomic mass is 32.1. The number of rotatable bonds is 7. The molecule has 0 radical (unpaired) electrons. The average molecular weight is 383 g/mol. The van der Waals surface area contributed by atoms with Crippen LogP contribution in [0.2, 0.25) is 0 Å². The number of hydrogen-bond acceptors (Lipinski definition) is 4. The summed E-state index contributed by atoms with van der Waals surface area (Å²) in [5.41, 5.74) is 2.51. The number of carbonyl (C=O) groups is 1. The van der Waals surface area contributed by atoms with E-state index >= 15 is 0 Å². The first kappa shape index (κ1) is 17.4. The molecule has 138 valence electrons. The molecule has 0 atom stereocenters. The zero-order chi connectivity index (χ0) is 18.6. The normalized spacial score (nSPS) is 11.1. The van der Waals surface area contributed by atoms with Gasteiger partial charge in [-0.25, -0.2) is 14.4 Å². The number of aryl methyl sites for hydroxylation is 1. The highest BCUT2D eigenvalue weighted by Crippen LogP contribution is 2.24. The highest BCUT2D eigenvalue weighted by molar-refractivity contribution is 7.15. The van der Waals surface area contributed by atoms with E-state index in [1.807, 2.05) is 26.7 Å². The number of nitrogens with zero attached hydrogens (tertiary/aromatic N) is 4. The van der Waals surface area contributed by atoms with Gasteiger partial charge in [0.25, 0.3) is 0 Å². The number of aromatic nitrogens is 4. The molecule has 0 unspecified atom stereocenters. The number of fused-ring (bicyclic) bond motifs is 1. The SMILES string of the molecule is O=C(Cc1csc2nc(-c3ccc(F)cc3)cn12)NCCCn1ccnc1. The Morgan fingerprint density at radius 2 is 2.11 bits per heavy atom. The molecule has 27 heavy (non-hydrogen) atoms. The van der Waals surface area contributed by atoms with Crippen LogP contribution in [0.4, 0.5) is 4.39 Å². The van der Waals surface area contributed by atoms with Crippen LogP contribution in [0.25, 0.3) is 16.2 Å². The van der Waals surface area contributed by atoms with E-state index in [2.05, 4.69) is 15.3 Å². The van der Waals surface area contributed by atoms with Gasteiger partial charge in [0, 0.05) is 48.3 Å². The van der Waals surface area contributed by atoms with E-state index < -0.39 is 0 Å². The van der Waals surface area contributed by atoms with Crippen LogP contribution in [0.5, 0.6) is 0 Å². The largest absolute Gasteiger partial charge is 0.356 e. The van der Waals surface area contributed by atoms with Crippen molar-refractivity contribution >= 4 is 22.2 Å². The van der Waals surface area contributed by atoms with Gasteiger partial charge in [0.1, 0.15) is 5.82 Å². The molecule has 3 heterocycles. The van der Waals surface area contributed by atoms with Crippen molar-refractivity contribution in [3.63, 3.8) is 0 Å². The summed E-state index contributed by atoms with van der Waals surface area (Å²) in [5.74, 6) is -0.289. The lowest BCUT2D eigenvalue weighted by Crippen LogP contribution is -2.27. The number of thiazole rings is 1. The Morgan fingerprint density at radius 1 is 1.26 bits per heavy atom. The number of carbonyl (C=O) groups excluding carboxylic acids is 1. The lowest BCUT2D eigenvalue weighted by Gasteiger charge is -2.05. The predicted molar refractivity (Wildman–Crippen MR) is 102 cm³/mol. The van der Waals surface area contributed by atoms with Crippen LogP contribution in [0.1, 0.15) is 12.1 Å². The molecule has 1 amide bonds. The molecular formula is C19H18FN5OS. The van der Waals surface area contributed by atoms with Gasteiger partial charge in [0.05, 0.1) is 18.4 Å². The molecule has 0 fully saturated rings. The summed E-state index contributed by atoms with van der Waals surface area (Å²) < 4.78 is 17.0. The second-order valence-electron chi connectivity index (χ2n) is 6.19. The number of halogens is 1. The molecule has 1 N–H and O–H groups in total. The third kappa shape index (κ3) is 4.06. The van der Waals surface area contributed by atoms with Gasteiger partial charge in [-0.05, 0) is 30.7 Å². The van der Waals surface area contributed by atoms with Gasteiger partial charge in [-0.15, -0.1) is 11.3 Å². The Labute approximate surface area is 159 Å². The Balaban J connectivity index is 1.37. The molecule has 0 bridgehead atoms. The molecule has 0 saturated carbocycles.